The Kier molecular flexibility index (Phi) is 5.36. The molecule has 0 bridgehead atoms. The number of hydrogen-bond donors (Lipinski definition) is 1. The second-order valence-electron chi connectivity index (χ2n) is 5.50. The Labute approximate surface area is 151 Å². The summed E-state index contributed by atoms with van der Waals surface area (Å²) < 4.78 is 7.20. The molecular weight excluding hydrogens is 338 g/mol. The van der Waals surface area contributed by atoms with Gasteiger partial charge in [-0.05, 0) is 42.3 Å². The van der Waals surface area contributed by atoms with Crippen molar-refractivity contribution in [3.8, 4) is 5.75 Å². The third-order valence-electron chi connectivity index (χ3n) is 3.68. The third-order valence-corrected chi connectivity index (χ3v) is 3.91. The molecule has 128 valence electrons. The Morgan fingerprint density at radius 2 is 2.04 bits per heavy atom. The van der Waals surface area contributed by atoms with Crippen molar-refractivity contribution in [3.63, 3.8) is 0 Å². The molecule has 0 radical (unpaired) electrons. The second-order valence-corrected chi connectivity index (χ2v) is 5.94. The first-order valence-electron chi connectivity index (χ1n) is 7.95. The molecule has 1 amide bonds. The van der Waals surface area contributed by atoms with Crippen LogP contribution >= 0.6 is 11.6 Å². The van der Waals surface area contributed by atoms with E-state index in [1.165, 1.54) is 5.56 Å². The first kappa shape index (κ1) is 17.0. The summed E-state index contributed by atoms with van der Waals surface area (Å²) in [5.41, 5.74) is 2.42. The SMILES string of the molecule is CCc1ccc(C(=O)Nc2cnn(COc3cccc(Cl)c3)c2)cc1. The molecule has 0 spiro atoms. The molecule has 1 heterocycles. The van der Waals surface area contributed by atoms with Crippen LogP contribution in [0.15, 0.2) is 60.9 Å². The highest BCUT2D eigenvalue weighted by atomic mass is 35.5. The van der Waals surface area contributed by atoms with Crippen LogP contribution in [-0.2, 0) is 13.2 Å². The van der Waals surface area contributed by atoms with Crippen LogP contribution in [0.25, 0.3) is 0 Å². The standard InChI is InChI=1S/C19H18ClN3O2/c1-2-14-6-8-15(9-7-14)19(24)22-17-11-21-23(12-17)13-25-18-5-3-4-16(20)10-18/h3-12H,2,13H2,1H3,(H,22,24). The van der Waals surface area contributed by atoms with Crippen molar-refractivity contribution in [2.45, 2.75) is 20.1 Å². The molecular formula is C19H18ClN3O2. The fraction of sp³-hybridized carbons (Fsp3) is 0.158. The minimum atomic E-state index is -0.169. The molecule has 0 unspecified atom stereocenters. The zero-order chi connectivity index (χ0) is 17.6. The Balaban J connectivity index is 1.58. The van der Waals surface area contributed by atoms with E-state index in [4.69, 9.17) is 16.3 Å². The van der Waals surface area contributed by atoms with Crippen molar-refractivity contribution in [3.05, 3.63) is 77.1 Å². The molecule has 0 fully saturated rings. The summed E-state index contributed by atoms with van der Waals surface area (Å²) in [7, 11) is 0. The Hall–Kier alpha value is -2.79. The van der Waals surface area contributed by atoms with Crippen molar-refractivity contribution in [1.82, 2.24) is 9.78 Å². The number of carbonyl (C=O) groups is 1. The van der Waals surface area contributed by atoms with E-state index in [-0.39, 0.29) is 12.6 Å². The van der Waals surface area contributed by atoms with E-state index in [9.17, 15) is 4.79 Å². The molecule has 5 nitrogen and oxygen atoms in total. The molecule has 1 aromatic heterocycles. The number of carbonyl (C=O) groups excluding carboxylic acids is 1. The number of aromatic nitrogens is 2. The van der Waals surface area contributed by atoms with Gasteiger partial charge in [-0.1, -0.05) is 36.7 Å². The Morgan fingerprint density at radius 1 is 1.24 bits per heavy atom. The summed E-state index contributed by atoms with van der Waals surface area (Å²) in [6, 6.07) is 14.7. The first-order valence-corrected chi connectivity index (χ1v) is 8.33. The van der Waals surface area contributed by atoms with Crippen LogP contribution in [0.3, 0.4) is 0 Å². The number of hydrogen-bond acceptors (Lipinski definition) is 3. The van der Waals surface area contributed by atoms with Gasteiger partial charge in [0.2, 0.25) is 0 Å². The maximum Gasteiger partial charge on any atom is 0.255 e. The van der Waals surface area contributed by atoms with Gasteiger partial charge in [0.1, 0.15) is 5.75 Å². The van der Waals surface area contributed by atoms with E-state index in [2.05, 4.69) is 17.3 Å². The quantitative estimate of drug-likeness (QED) is 0.713. The van der Waals surface area contributed by atoms with Crippen molar-refractivity contribution in [2.24, 2.45) is 0 Å². The highest BCUT2D eigenvalue weighted by Crippen LogP contribution is 2.17. The smallest absolute Gasteiger partial charge is 0.255 e. The van der Waals surface area contributed by atoms with E-state index in [1.54, 1.807) is 29.2 Å². The summed E-state index contributed by atoms with van der Waals surface area (Å²) >= 11 is 5.92. The first-order chi connectivity index (χ1) is 12.1. The minimum Gasteiger partial charge on any atom is -0.471 e. The molecule has 0 aliphatic heterocycles. The average Bonchev–Trinajstić information content (AvgIpc) is 3.07. The molecule has 2 aromatic carbocycles. The summed E-state index contributed by atoms with van der Waals surface area (Å²) in [4.78, 5) is 12.2. The van der Waals surface area contributed by atoms with Gasteiger partial charge < -0.3 is 10.1 Å². The number of anilines is 1. The lowest BCUT2D eigenvalue weighted by molar-refractivity contribution is 0.102. The fourth-order valence-electron chi connectivity index (χ4n) is 2.29. The second kappa shape index (κ2) is 7.85. The lowest BCUT2D eigenvalue weighted by Crippen LogP contribution is -2.11. The molecule has 0 aliphatic rings. The highest BCUT2D eigenvalue weighted by Gasteiger charge is 2.08. The lowest BCUT2D eigenvalue weighted by atomic mass is 10.1. The molecule has 0 saturated heterocycles. The van der Waals surface area contributed by atoms with Gasteiger partial charge >= 0.3 is 0 Å². The number of rotatable bonds is 6. The van der Waals surface area contributed by atoms with Crippen molar-refractivity contribution >= 4 is 23.2 Å². The van der Waals surface area contributed by atoms with Gasteiger partial charge in [-0.2, -0.15) is 5.10 Å². The van der Waals surface area contributed by atoms with E-state index >= 15 is 0 Å². The summed E-state index contributed by atoms with van der Waals surface area (Å²) in [5.74, 6) is 0.488. The van der Waals surface area contributed by atoms with Crippen LogP contribution in [0.5, 0.6) is 5.75 Å². The number of aryl methyl sites for hydroxylation is 1. The predicted octanol–water partition coefficient (Wildman–Crippen LogP) is 4.39. The number of benzene rings is 2. The van der Waals surface area contributed by atoms with Crippen LogP contribution in [0.4, 0.5) is 5.69 Å². The highest BCUT2D eigenvalue weighted by molar-refractivity contribution is 6.30. The molecule has 3 aromatic rings. The van der Waals surface area contributed by atoms with Crippen LogP contribution in [-0.4, -0.2) is 15.7 Å². The summed E-state index contributed by atoms with van der Waals surface area (Å²) in [6.45, 7) is 2.30. The lowest BCUT2D eigenvalue weighted by Gasteiger charge is -2.06. The average molecular weight is 356 g/mol. The minimum absolute atomic E-state index is 0.169. The summed E-state index contributed by atoms with van der Waals surface area (Å²) in [6.07, 6.45) is 4.24. The Morgan fingerprint density at radius 3 is 2.76 bits per heavy atom. The third kappa shape index (κ3) is 4.61. The van der Waals surface area contributed by atoms with Gasteiger partial charge in [0.05, 0.1) is 18.1 Å². The van der Waals surface area contributed by atoms with E-state index < -0.39 is 0 Å². The number of ether oxygens (including phenoxy) is 1. The van der Waals surface area contributed by atoms with Crippen LogP contribution in [0.2, 0.25) is 5.02 Å². The van der Waals surface area contributed by atoms with E-state index in [0.717, 1.165) is 6.42 Å². The van der Waals surface area contributed by atoms with Gasteiger partial charge in [-0.25, -0.2) is 4.68 Å². The number of amides is 1. The molecule has 1 N–H and O–H groups in total. The maximum absolute atomic E-state index is 12.2. The molecule has 0 saturated carbocycles. The van der Waals surface area contributed by atoms with E-state index in [1.807, 2.05) is 36.4 Å². The largest absolute Gasteiger partial charge is 0.471 e. The van der Waals surface area contributed by atoms with Crippen LogP contribution in [0, 0.1) is 0 Å². The normalized spacial score (nSPS) is 10.5. The zero-order valence-corrected chi connectivity index (χ0v) is 14.5. The molecule has 25 heavy (non-hydrogen) atoms. The van der Waals surface area contributed by atoms with Gasteiger partial charge in [-0.15, -0.1) is 0 Å². The van der Waals surface area contributed by atoms with Crippen molar-refractivity contribution in [2.75, 3.05) is 5.32 Å². The monoisotopic (exact) mass is 355 g/mol. The summed E-state index contributed by atoms with van der Waals surface area (Å²) in [5, 5.41) is 7.61. The molecule has 0 aliphatic carbocycles. The topological polar surface area (TPSA) is 56.2 Å². The number of halogens is 1. The van der Waals surface area contributed by atoms with Gasteiger partial charge in [0.25, 0.3) is 5.91 Å². The van der Waals surface area contributed by atoms with Crippen molar-refractivity contribution in [1.29, 1.82) is 0 Å². The fourth-order valence-corrected chi connectivity index (χ4v) is 2.47. The van der Waals surface area contributed by atoms with Crippen molar-refractivity contribution < 1.29 is 9.53 Å². The van der Waals surface area contributed by atoms with Gasteiger partial charge in [-0.3, -0.25) is 4.79 Å². The zero-order valence-electron chi connectivity index (χ0n) is 13.8. The van der Waals surface area contributed by atoms with Crippen LogP contribution < -0.4 is 10.1 Å². The number of nitrogens with one attached hydrogen (secondary N) is 1. The van der Waals surface area contributed by atoms with Crippen LogP contribution in [0.1, 0.15) is 22.8 Å². The Bertz CT molecular complexity index is 859. The predicted molar refractivity (Wildman–Crippen MR) is 98.1 cm³/mol. The van der Waals surface area contributed by atoms with E-state index in [0.29, 0.717) is 22.0 Å². The molecule has 6 heteroatoms. The van der Waals surface area contributed by atoms with Gasteiger partial charge in [0.15, 0.2) is 6.73 Å². The maximum atomic E-state index is 12.2. The number of nitrogens with zero attached hydrogens (tertiary/aromatic N) is 2. The molecule has 0 atom stereocenters. The molecule has 3 rings (SSSR count). The van der Waals surface area contributed by atoms with Gasteiger partial charge in [0, 0.05) is 10.6 Å².